The number of fused-ring (bicyclic) bond motifs is 1. The van der Waals surface area contributed by atoms with Gasteiger partial charge in [0.1, 0.15) is 5.75 Å². The number of pyridine rings is 1. The highest BCUT2D eigenvalue weighted by Gasteiger charge is 2.29. The lowest BCUT2D eigenvalue weighted by atomic mass is 10.2. The van der Waals surface area contributed by atoms with E-state index >= 15 is 0 Å². The van der Waals surface area contributed by atoms with E-state index in [1.807, 2.05) is 13.8 Å². The van der Waals surface area contributed by atoms with Crippen molar-refractivity contribution in [3.63, 3.8) is 0 Å². The first-order valence-electron chi connectivity index (χ1n) is 8.18. The first-order chi connectivity index (χ1) is 12.7. The molecule has 0 radical (unpaired) electrons. The fourth-order valence-electron chi connectivity index (χ4n) is 2.49. The summed E-state index contributed by atoms with van der Waals surface area (Å²) in [6.07, 6.45) is -1.46. The standard InChI is InChI=1S/C18H17F3N4O2/c1-11(2)25-16-12(9-23-25)7-13(8-22-16)17(26)24-14-5-3-4-6-15(14)27-10-18(19,20)21/h3-9,11H,10H2,1-2H3,(H,24,26). The molecule has 1 amide bonds. The van der Waals surface area contributed by atoms with Crippen LogP contribution in [0, 0.1) is 0 Å². The van der Waals surface area contributed by atoms with Gasteiger partial charge in [0.15, 0.2) is 12.3 Å². The van der Waals surface area contributed by atoms with Crippen LogP contribution in [0.15, 0.2) is 42.7 Å². The van der Waals surface area contributed by atoms with Crippen LogP contribution in [0.5, 0.6) is 5.75 Å². The number of hydrogen-bond donors (Lipinski definition) is 1. The number of carbonyl (C=O) groups is 1. The fraction of sp³-hybridized carbons (Fsp3) is 0.278. The molecule has 3 rings (SSSR count). The van der Waals surface area contributed by atoms with Crippen molar-refractivity contribution in [3.05, 3.63) is 48.3 Å². The maximum Gasteiger partial charge on any atom is 0.422 e. The van der Waals surface area contributed by atoms with E-state index < -0.39 is 18.7 Å². The lowest BCUT2D eigenvalue weighted by Crippen LogP contribution is -2.20. The summed E-state index contributed by atoms with van der Waals surface area (Å²) in [6.45, 7) is 2.49. The van der Waals surface area contributed by atoms with Crippen molar-refractivity contribution < 1.29 is 22.7 Å². The Morgan fingerprint density at radius 3 is 2.70 bits per heavy atom. The number of halogens is 3. The molecule has 1 aromatic carbocycles. The lowest BCUT2D eigenvalue weighted by Gasteiger charge is -2.13. The van der Waals surface area contributed by atoms with Crippen molar-refractivity contribution in [1.82, 2.24) is 14.8 Å². The van der Waals surface area contributed by atoms with Gasteiger partial charge in [-0.1, -0.05) is 12.1 Å². The average Bonchev–Trinajstić information content (AvgIpc) is 3.03. The highest BCUT2D eigenvalue weighted by molar-refractivity contribution is 6.06. The van der Waals surface area contributed by atoms with E-state index in [0.717, 1.165) is 0 Å². The molecule has 1 N–H and O–H groups in total. The molecule has 0 bridgehead atoms. The largest absolute Gasteiger partial charge is 0.482 e. The molecule has 0 saturated carbocycles. The maximum atomic E-state index is 12.5. The zero-order valence-electron chi connectivity index (χ0n) is 14.6. The number of aromatic nitrogens is 3. The van der Waals surface area contributed by atoms with Gasteiger partial charge in [-0.25, -0.2) is 9.67 Å². The molecule has 0 saturated heterocycles. The zero-order valence-corrected chi connectivity index (χ0v) is 14.6. The quantitative estimate of drug-likeness (QED) is 0.722. The number of benzene rings is 1. The Morgan fingerprint density at radius 1 is 1.26 bits per heavy atom. The van der Waals surface area contributed by atoms with Gasteiger partial charge in [0.05, 0.1) is 17.4 Å². The Balaban J connectivity index is 1.80. The normalized spacial score (nSPS) is 11.8. The molecule has 2 aromatic heterocycles. The third kappa shape index (κ3) is 4.36. The summed E-state index contributed by atoms with van der Waals surface area (Å²) in [6, 6.07) is 7.68. The second-order valence-corrected chi connectivity index (χ2v) is 6.17. The first-order valence-corrected chi connectivity index (χ1v) is 8.18. The second-order valence-electron chi connectivity index (χ2n) is 6.17. The van der Waals surface area contributed by atoms with E-state index in [9.17, 15) is 18.0 Å². The molecular formula is C18H17F3N4O2. The number of nitrogens with one attached hydrogen (secondary N) is 1. The van der Waals surface area contributed by atoms with Gasteiger partial charge < -0.3 is 10.1 Å². The van der Waals surface area contributed by atoms with Crippen LogP contribution < -0.4 is 10.1 Å². The van der Waals surface area contributed by atoms with E-state index in [0.29, 0.717) is 11.0 Å². The maximum absolute atomic E-state index is 12.5. The molecule has 0 aliphatic carbocycles. The molecule has 6 nitrogen and oxygen atoms in total. The molecule has 0 aliphatic heterocycles. The summed E-state index contributed by atoms with van der Waals surface area (Å²) in [5.74, 6) is -0.574. The van der Waals surface area contributed by atoms with Crippen LogP contribution in [0.2, 0.25) is 0 Å². The number of para-hydroxylation sites is 2. The van der Waals surface area contributed by atoms with Gasteiger partial charge in [0, 0.05) is 17.6 Å². The van der Waals surface area contributed by atoms with Gasteiger partial charge in [-0.15, -0.1) is 0 Å². The van der Waals surface area contributed by atoms with Gasteiger partial charge in [-0.3, -0.25) is 4.79 Å². The first kappa shape index (κ1) is 18.7. The number of carbonyl (C=O) groups excluding carboxylic acids is 1. The van der Waals surface area contributed by atoms with Gasteiger partial charge in [-0.05, 0) is 32.0 Å². The molecule has 0 atom stereocenters. The van der Waals surface area contributed by atoms with Crippen LogP contribution >= 0.6 is 0 Å². The third-order valence-corrected chi connectivity index (χ3v) is 3.71. The van der Waals surface area contributed by atoms with Gasteiger partial charge in [-0.2, -0.15) is 18.3 Å². The minimum atomic E-state index is -4.47. The molecule has 142 valence electrons. The monoisotopic (exact) mass is 378 g/mol. The van der Waals surface area contributed by atoms with E-state index in [1.165, 1.54) is 24.4 Å². The predicted octanol–water partition coefficient (Wildman–Crippen LogP) is 4.21. The van der Waals surface area contributed by atoms with Crippen molar-refractivity contribution in [2.75, 3.05) is 11.9 Å². The lowest BCUT2D eigenvalue weighted by molar-refractivity contribution is -0.153. The molecule has 3 aromatic rings. The summed E-state index contributed by atoms with van der Waals surface area (Å²) in [7, 11) is 0. The second kappa shape index (κ2) is 7.26. The summed E-state index contributed by atoms with van der Waals surface area (Å²) in [5.41, 5.74) is 1.05. The Labute approximate surface area is 153 Å². The third-order valence-electron chi connectivity index (χ3n) is 3.71. The molecule has 0 spiro atoms. The van der Waals surface area contributed by atoms with Crippen molar-refractivity contribution in [3.8, 4) is 5.75 Å². The van der Waals surface area contributed by atoms with Crippen LogP contribution in [-0.4, -0.2) is 33.5 Å². The highest BCUT2D eigenvalue weighted by Crippen LogP contribution is 2.27. The van der Waals surface area contributed by atoms with Crippen LogP contribution in [-0.2, 0) is 0 Å². The van der Waals surface area contributed by atoms with Crippen LogP contribution in [0.1, 0.15) is 30.2 Å². The Hall–Kier alpha value is -3.10. The number of nitrogens with zero attached hydrogens (tertiary/aromatic N) is 3. The van der Waals surface area contributed by atoms with Crippen LogP contribution in [0.4, 0.5) is 18.9 Å². The molecule has 2 heterocycles. The van der Waals surface area contributed by atoms with Crippen molar-refractivity contribution in [1.29, 1.82) is 0 Å². The van der Waals surface area contributed by atoms with Crippen LogP contribution in [0.25, 0.3) is 11.0 Å². The molecular weight excluding hydrogens is 361 g/mol. The summed E-state index contributed by atoms with van der Waals surface area (Å²) in [5, 5.41) is 7.49. The Bertz CT molecular complexity index is 967. The summed E-state index contributed by atoms with van der Waals surface area (Å²) in [4.78, 5) is 16.8. The molecule has 27 heavy (non-hydrogen) atoms. The Kier molecular flexibility index (Phi) is 5.02. The number of amides is 1. The van der Waals surface area contributed by atoms with Crippen molar-refractivity contribution in [2.24, 2.45) is 0 Å². The topological polar surface area (TPSA) is 69.0 Å². The molecule has 0 fully saturated rings. The molecule has 9 heteroatoms. The fourth-order valence-corrected chi connectivity index (χ4v) is 2.49. The zero-order chi connectivity index (χ0) is 19.6. The van der Waals surface area contributed by atoms with E-state index in [1.54, 1.807) is 23.0 Å². The minimum Gasteiger partial charge on any atom is -0.482 e. The van der Waals surface area contributed by atoms with E-state index in [-0.39, 0.29) is 23.0 Å². The Morgan fingerprint density at radius 2 is 2.00 bits per heavy atom. The predicted molar refractivity (Wildman–Crippen MR) is 93.9 cm³/mol. The average molecular weight is 378 g/mol. The summed E-state index contributed by atoms with van der Waals surface area (Å²) >= 11 is 0. The van der Waals surface area contributed by atoms with Gasteiger partial charge >= 0.3 is 6.18 Å². The summed E-state index contributed by atoms with van der Waals surface area (Å²) < 4.78 is 43.6. The molecule has 0 unspecified atom stereocenters. The number of ether oxygens (including phenoxy) is 1. The number of hydrogen-bond acceptors (Lipinski definition) is 4. The smallest absolute Gasteiger partial charge is 0.422 e. The van der Waals surface area contributed by atoms with Gasteiger partial charge in [0.2, 0.25) is 0 Å². The number of anilines is 1. The SMILES string of the molecule is CC(C)n1ncc2cc(C(=O)Nc3ccccc3OCC(F)(F)F)cnc21. The number of rotatable bonds is 5. The minimum absolute atomic E-state index is 0.0650. The highest BCUT2D eigenvalue weighted by atomic mass is 19.4. The van der Waals surface area contributed by atoms with Crippen molar-refractivity contribution in [2.45, 2.75) is 26.1 Å². The van der Waals surface area contributed by atoms with Gasteiger partial charge in [0.25, 0.3) is 5.91 Å². The van der Waals surface area contributed by atoms with Crippen molar-refractivity contribution >= 4 is 22.6 Å². The molecule has 0 aliphatic rings. The van der Waals surface area contributed by atoms with E-state index in [2.05, 4.69) is 15.4 Å². The number of alkyl halides is 3. The van der Waals surface area contributed by atoms with Crippen LogP contribution in [0.3, 0.4) is 0 Å². The van der Waals surface area contributed by atoms with E-state index in [4.69, 9.17) is 4.74 Å².